The highest BCUT2D eigenvalue weighted by molar-refractivity contribution is 7.18. The van der Waals surface area contributed by atoms with Gasteiger partial charge in [-0.1, -0.05) is 25.5 Å². The van der Waals surface area contributed by atoms with Crippen molar-refractivity contribution in [3.63, 3.8) is 0 Å². The van der Waals surface area contributed by atoms with Crippen molar-refractivity contribution in [2.24, 2.45) is 0 Å². The quantitative estimate of drug-likeness (QED) is 0.477. The summed E-state index contributed by atoms with van der Waals surface area (Å²) in [5.74, 6) is 0. The molecule has 1 N–H and O–H groups in total. The van der Waals surface area contributed by atoms with Gasteiger partial charge in [-0.05, 0) is 55.0 Å². The van der Waals surface area contributed by atoms with Crippen LogP contribution in [0, 0.1) is 0 Å². The van der Waals surface area contributed by atoms with Gasteiger partial charge in [0, 0.05) is 36.4 Å². The van der Waals surface area contributed by atoms with Crippen LogP contribution in [-0.4, -0.2) is 25.4 Å². The van der Waals surface area contributed by atoms with E-state index in [0.29, 0.717) is 6.04 Å². The maximum atomic E-state index is 13.0. The van der Waals surface area contributed by atoms with Gasteiger partial charge in [-0.25, -0.2) is 9.67 Å². The lowest BCUT2D eigenvalue weighted by Crippen LogP contribution is -2.33. The summed E-state index contributed by atoms with van der Waals surface area (Å²) >= 11 is 1.70. The Hall–Kier alpha value is -2.77. The molecule has 31 heavy (non-hydrogen) atoms. The highest BCUT2D eigenvalue weighted by Crippen LogP contribution is 2.33. The van der Waals surface area contributed by atoms with E-state index < -0.39 is 0 Å². The Balaban J connectivity index is 1.27. The number of fused-ring (bicyclic) bond motifs is 3. The molecule has 0 bridgehead atoms. The Morgan fingerprint density at radius 1 is 1.26 bits per heavy atom. The molecule has 0 amide bonds. The Kier molecular flexibility index (Phi) is 5.70. The number of nitrogens with one attached hydrogen (secondary N) is 1. The monoisotopic (exact) mass is 433 g/mol. The number of hydrogen-bond donors (Lipinski definition) is 1. The second-order valence-corrected chi connectivity index (χ2v) is 9.30. The fourth-order valence-corrected chi connectivity index (χ4v) is 5.57. The molecule has 5 rings (SSSR count). The number of unbranched alkanes of at least 4 members (excludes halogenated alkanes) is 1. The van der Waals surface area contributed by atoms with Gasteiger partial charge in [0.15, 0.2) is 0 Å². The molecule has 1 aromatic carbocycles. The minimum Gasteiger partial charge on any atom is -0.310 e. The number of rotatable bonds is 7. The first kappa shape index (κ1) is 20.2. The van der Waals surface area contributed by atoms with Gasteiger partial charge in [-0.3, -0.25) is 9.36 Å². The molecule has 0 radical (unpaired) electrons. The summed E-state index contributed by atoms with van der Waals surface area (Å²) in [4.78, 5) is 19.8. The van der Waals surface area contributed by atoms with Crippen LogP contribution in [0.3, 0.4) is 0 Å². The Morgan fingerprint density at radius 3 is 2.90 bits per heavy atom. The van der Waals surface area contributed by atoms with E-state index in [1.165, 1.54) is 16.0 Å². The molecular formula is C24H27N5OS. The minimum absolute atomic E-state index is 0.139. The van der Waals surface area contributed by atoms with Gasteiger partial charge in [-0.2, -0.15) is 5.10 Å². The average Bonchev–Trinajstić information content (AvgIpc) is 3.45. The van der Waals surface area contributed by atoms with Crippen molar-refractivity contribution < 1.29 is 0 Å². The second-order valence-electron chi connectivity index (χ2n) is 8.22. The second kappa shape index (κ2) is 8.77. The van der Waals surface area contributed by atoms with E-state index in [0.717, 1.165) is 61.1 Å². The van der Waals surface area contributed by atoms with Crippen LogP contribution in [0.4, 0.5) is 0 Å². The van der Waals surface area contributed by atoms with Crippen LogP contribution in [-0.2, 0) is 25.9 Å². The normalized spacial score (nSPS) is 16.0. The lowest BCUT2D eigenvalue weighted by atomic mass is 9.93. The average molecular weight is 434 g/mol. The molecule has 1 atom stereocenters. The van der Waals surface area contributed by atoms with Crippen LogP contribution in [0.15, 0.2) is 53.8 Å². The first-order valence-electron chi connectivity index (χ1n) is 11.0. The maximum Gasteiger partial charge on any atom is 0.262 e. The summed E-state index contributed by atoms with van der Waals surface area (Å²) in [7, 11) is 0. The van der Waals surface area contributed by atoms with E-state index in [-0.39, 0.29) is 5.56 Å². The van der Waals surface area contributed by atoms with Crippen molar-refractivity contribution in [2.45, 2.75) is 58.2 Å². The highest BCUT2D eigenvalue weighted by Gasteiger charge is 2.25. The van der Waals surface area contributed by atoms with Crippen LogP contribution in [0.5, 0.6) is 0 Å². The predicted molar refractivity (Wildman–Crippen MR) is 125 cm³/mol. The number of thiophene rings is 1. The fourth-order valence-electron chi connectivity index (χ4n) is 4.31. The minimum atomic E-state index is 0.139. The molecule has 1 aliphatic rings. The molecule has 7 heteroatoms. The number of benzene rings is 1. The first-order valence-corrected chi connectivity index (χ1v) is 11.9. The summed E-state index contributed by atoms with van der Waals surface area (Å²) < 4.78 is 3.65. The molecule has 3 aromatic heterocycles. The highest BCUT2D eigenvalue weighted by atomic mass is 32.1. The van der Waals surface area contributed by atoms with Crippen LogP contribution in [0.2, 0.25) is 0 Å². The van der Waals surface area contributed by atoms with E-state index in [4.69, 9.17) is 0 Å². The topological polar surface area (TPSA) is 64.7 Å². The molecule has 0 saturated carbocycles. The molecule has 0 fully saturated rings. The van der Waals surface area contributed by atoms with Gasteiger partial charge in [0.2, 0.25) is 0 Å². The van der Waals surface area contributed by atoms with Gasteiger partial charge >= 0.3 is 0 Å². The zero-order chi connectivity index (χ0) is 21.2. The van der Waals surface area contributed by atoms with Crippen molar-refractivity contribution >= 4 is 21.6 Å². The van der Waals surface area contributed by atoms with Crippen LogP contribution in [0.25, 0.3) is 15.9 Å². The molecule has 3 heterocycles. The van der Waals surface area contributed by atoms with Crippen molar-refractivity contribution in [1.29, 1.82) is 0 Å². The zero-order valence-electron chi connectivity index (χ0n) is 17.8. The Labute approximate surface area is 185 Å². The fraction of sp³-hybridized carbons (Fsp3) is 0.375. The number of nitrogens with zero attached hydrogens (tertiary/aromatic N) is 4. The lowest BCUT2D eigenvalue weighted by molar-refractivity contribution is 0.462. The third kappa shape index (κ3) is 4.07. The van der Waals surface area contributed by atoms with E-state index in [9.17, 15) is 4.79 Å². The van der Waals surface area contributed by atoms with E-state index in [2.05, 4.69) is 46.6 Å². The third-order valence-corrected chi connectivity index (χ3v) is 7.25. The van der Waals surface area contributed by atoms with Gasteiger partial charge in [0.1, 0.15) is 4.83 Å². The van der Waals surface area contributed by atoms with Gasteiger partial charge in [0.05, 0.1) is 17.4 Å². The molecule has 1 aliphatic carbocycles. The summed E-state index contributed by atoms with van der Waals surface area (Å²) in [5.41, 5.74) is 3.71. The van der Waals surface area contributed by atoms with E-state index >= 15 is 0 Å². The smallest absolute Gasteiger partial charge is 0.262 e. The summed E-state index contributed by atoms with van der Waals surface area (Å²) in [5, 5.41) is 8.85. The van der Waals surface area contributed by atoms with Crippen molar-refractivity contribution in [3.8, 4) is 5.69 Å². The molecule has 0 spiro atoms. The molecular weight excluding hydrogens is 406 g/mol. The van der Waals surface area contributed by atoms with E-state index in [1.54, 1.807) is 28.4 Å². The third-order valence-electron chi connectivity index (χ3n) is 6.09. The van der Waals surface area contributed by atoms with Crippen molar-refractivity contribution in [1.82, 2.24) is 24.6 Å². The van der Waals surface area contributed by atoms with Gasteiger partial charge in [0.25, 0.3) is 5.56 Å². The largest absolute Gasteiger partial charge is 0.310 e. The summed E-state index contributed by atoms with van der Waals surface area (Å²) in [6.07, 6.45) is 10.5. The molecule has 160 valence electrons. The Morgan fingerprint density at radius 2 is 2.13 bits per heavy atom. The number of hydrogen-bond acceptors (Lipinski definition) is 5. The lowest BCUT2D eigenvalue weighted by Gasteiger charge is -2.23. The molecule has 0 aliphatic heterocycles. The van der Waals surface area contributed by atoms with E-state index in [1.807, 2.05) is 16.9 Å². The predicted octanol–water partition coefficient (Wildman–Crippen LogP) is 4.09. The number of aryl methyl sites for hydroxylation is 2. The zero-order valence-corrected chi connectivity index (χ0v) is 18.6. The van der Waals surface area contributed by atoms with Gasteiger partial charge in [-0.15, -0.1) is 11.3 Å². The standard InChI is InChI=1S/C24H27N5OS/c1-2-3-12-28-16-26-23-22(24(28)30)20-10-7-18(14-21(20)31-23)25-15-17-5-8-19(9-6-17)29-13-4-11-27-29/h4-6,8-9,11,13,16,18,25H,2-3,7,10,12,14-15H2,1H3. The number of aromatic nitrogens is 4. The Bertz CT molecular complexity index is 1220. The molecule has 4 aromatic rings. The van der Waals surface area contributed by atoms with Crippen molar-refractivity contribution in [3.05, 3.63) is 75.4 Å². The van der Waals surface area contributed by atoms with Gasteiger partial charge < -0.3 is 5.32 Å². The van der Waals surface area contributed by atoms with Crippen LogP contribution >= 0.6 is 11.3 Å². The summed E-state index contributed by atoms with van der Waals surface area (Å²) in [6, 6.07) is 10.9. The maximum absolute atomic E-state index is 13.0. The molecule has 6 nitrogen and oxygen atoms in total. The molecule has 0 saturated heterocycles. The van der Waals surface area contributed by atoms with Crippen LogP contribution < -0.4 is 10.9 Å². The summed E-state index contributed by atoms with van der Waals surface area (Å²) in [6.45, 7) is 3.74. The van der Waals surface area contributed by atoms with Crippen LogP contribution in [0.1, 0.15) is 42.2 Å². The SMILES string of the molecule is CCCCn1cnc2sc3c(c2c1=O)CCC(NCc1ccc(-n2cccn2)cc1)C3. The molecule has 1 unspecified atom stereocenters. The first-order chi connectivity index (χ1) is 15.2. The van der Waals surface area contributed by atoms with Crippen molar-refractivity contribution in [2.75, 3.05) is 0 Å².